The SMILES string of the molecule is O=C1c2c(O)cccc2[C@@H](O)c2cc(CO)c(C3O[C@H](CO)[C@@H](O)[C@H](O)[C@H]3O)c(O)c21. The number of ether oxygens (including phenoxy) is 1. The van der Waals surface area contributed by atoms with E-state index in [4.69, 9.17) is 4.74 Å². The minimum atomic E-state index is -1.77. The maximum atomic E-state index is 13.1. The summed E-state index contributed by atoms with van der Waals surface area (Å²) in [6, 6.07) is 5.42. The standard InChI is InChI=1S/C21H22O10/c22-5-7-4-9-14(18(28)13-8(15(9)25)2-1-3-10(13)24)17(27)12(7)21-20(30)19(29)16(26)11(6-23)31-21/h1-4,11,15-16,19-27,29-30H,5-6H2/t11-,15-,16-,19+,20-,21?/m1/s1. The summed E-state index contributed by atoms with van der Waals surface area (Å²) in [6.45, 7) is -1.39. The van der Waals surface area contributed by atoms with E-state index in [2.05, 4.69) is 0 Å². The van der Waals surface area contributed by atoms with Crippen LogP contribution < -0.4 is 0 Å². The number of ketones is 1. The molecule has 0 aromatic heterocycles. The number of aromatic hydroxyl groups is 2. The van der Waals surface area contributed by atoms with Gasteiger partial charge in [-0.25, -0.2) is 0 Å². The molecule has 1 heterocycles. The number of rotatable bonds is 3. The van der Waals surface area contributed by atoms with E-state index in [0.717, 1.165) is 0 Å². The molecule has 2 aromatic rings. The number of hydrogen-bond donors (Lipinski definition) is 8. The highest BCUT2D eigenvalue weighted by Crippen LogP contribution is 2.47. The van der Waals surface area contributed by atoms with Gasteiger partial charge in [0, 0.05) is 11.1 Å². The van der Waals surface area contributed by atoms with Crippen molar-refractivity contribution >= 4 is 5.78 Å². The summed E-state index contributed by atoms with van der Waals surface area (Å²) in [7, 11) is 0. The van der Waals surface area contributed by atoms with Crippen molar-refractivity contribution in [1.29, 1.82) is 0 Å². The number of phenolic OH excluding ortho intramolecular Hbond substituents is 2. The van der Waals surface area contributed by atoms with Gasteiger partial charge in [-0.2, -0.15) is 0 Å². The zero-order valence-electron chi connectivity index (χ0n) is 16.1. The van der Waals surface area contributed by atoms with Crippen LogP contribution in [0.25, 0.3) is 0 Å². The summed E-state index contributed by atoms with van der Waals surface area (Å²) in [6.07, 6.45) is -9.34. The molecule has 31 heavy (non-hydrogen) atoms. The molecule has 0 radical (unpaired) electrons. The highest BCUT2D eigenvalue weighted by Gasteiger charge is 2.47. The lowest BCUT2D eigenvalue weighted by atomic mass is 9.78. The molecule has 1 saturated heterocycles. The van der Waals surface area contributed by atoms with Gasteiger partial charge >= 0.3 is 0 Å². The first-order valence-electron chi connectivity index (χ1n) is 9.57. The third kappa shape index (κ3) is 3.12. The van der Waals surface area contributed by atoms with Gasteiger partial charge in [0.1, 0.15) is 48.1 Å². The first-order chi connectivity index (χ1) is 14.7. The van der Waals surface area contributed by atoms with Crippen molar-refractivity contribution in [3.63, 3.8) is 0 Å². The number of fused-ring (bicyclic) bond motifs is 2. The highest BCUT2D eigenvalue weighted by molar-refractivity contribution is 6.16. The average Bonchev–Trinajstić information content (AvgIpc) is 2.76. The number of aliphatic hydroxyl groups is 6. The van der Waals surface area contributed by atoms with Crippen molar-refractivity contribution in [2.24, 2.45) is 0 Å². The molecule has 10 nitrogen and oxygen atoms in total. The molecule has 2 aliphatic rings. The third-order valence-electron chi connectivity index (χ3n) is 5.92. The number of phenols is 2. The van der Waals surface area contributed by atoms with E-state index in [0.29, 0.717) is 0 Å². The first-order valence-corrected chi connectivity index (χ1v) is 9.57. The van der Waals surface area contributed by atoms with E-state index in [1.54, 1.807) is 0 Å². The lowest BCUT2D eigenvalue weighted by molar-refractivity contribution is -0.232. The van der Waals surface area contributed by atoms with Crippen LogP contribution in [0.5, 0.6) is 11.5 Å². The van der Waals surface area contributed by atoms with Crippen molar-refractivity contribution in [3.8, 4) is 11.5 Å². The van der Waals surface area contributed by atoms with Crippen LogP contribution in [0.15, 0.2) is 24.3 Å². The zero-order chi connectivity index (χ0) is 22.6. The van der Waals surface area contributed by atoms with Gasteiger partial charge in [-0.05, 0) is 23.3 Å². The molecule has 0 saturated carbocycles. The van der Waals surface area contributed by atoms with E-state index in [9.17, 15) is 45.6 Å². The Morgan fingerprint density at radius 1 is 0.903 bits per heavy atom. The summed E-state index contributed by atoms with van der Waals surface area (Å²) in [4.78, 5) is 13.1. The minimum absolute atomic E-state index is 0.00367. The summed E-state index contributed by atoms with van der Waals surface area (Å²) < 4.78 is 5.48. The van der Waals surface area contributed by atoms with Crippen LogP contribution in [0.2, 0.25) is 0 Å². The summed E-state index contributed by atoms with van der Waals surface area (Å²) in [5, 5.41) is 81.8. The van der Waals surface area contributed by atoms with Crippen LogP contribution in [0.4, 0.5) is 0 Å². The summed E-state index contributed by atoms with van der Waals surface area (Å²) in [5.74, 6) is -1.91. The second-order valence-electron chi connectivity index (χ2n) is 7.64. The van der Waals surface area contributed by atoms with Gasteiger partial charge in [-0.3, -0.25) is 4.79 Å². The zero-order valence-corrected chi connectivity index (χ0v) is 16.1. The van der Waals surface area contributed by atoms with Crippen molar-refractivity contribution in [2.45, 2.75) is 43.2 Å². The lowest BCUT2D eigenvalue weighted by Crippen LogP contribution is -2.55. The van der Waals surface area contributed by atoms with E-state index in [1.165, 1.54) is 24.3 Å². The van der Waals surface area contributed by atoms with Gasteiger partial charge < -0.3 is 45.6 Å². The number of benzene rings is 2. The molecule has 1 aliphatic heterocycles. The van der Waals surface area contributed by atoms with Crippen LogP contribution in [-0.4, -0.2) is 77.7 Å². The topological polar surface area (TPSA) is 188 Å². The third-order valence-corrected chi connectivity index (χ3v) is 5.92. The molecule has 2 aromatic carbocycles. The van der Waals surface area contributed by atoms with Crippen LogP contribution in [0, 0.1) is 0 Å². The molecule has 1 unspecified atom stereocenters. The Morgan fingerprint density at radius 2 is 1.61 bits per heavy atom. The Morgan fingerprint density at radius 3 is 2.26 bits per heavy atom. The fourth-order valence-electron chi connectivity index (χ4n) is 4.33. The van der Waals surface area contributed by atoms with Crippen molar-refractivity contribution in [2.75, 3.05) is 6.61 Å². The second kappa shape index (κ2) is 7.84. The van der Waals surface area contributed by atoms with Crippen molar-refractivity contribution in [1.82, 2.24) is 0 Å². The first kappa shape index (κ1) is 21.7. The van der Waals surface area contributed by atoms with E-state index >= 15 is 0 Å². The van der Waals surface area contributed by atoms with Gasteiger partial charge in [0.15, 0.2) is 0 Å². The molecule has 0 amide bonds. The molecule has 166 valence electrons. The van der Waals surface area contributed by atoms with Gasteiger partial charge in [0.2, 0.25) is 5.78 Å². The van der Waals surface area contributed by atoms with Crippen LogP contribution in [0.1, 0.15) is 50.4 Å². The number of aliphatic hydroxyl groups excluding tert-OH is 6. The smallest absolute Gasteiger partial charge is 0.201 e. The predicted molar refractivity (Wildman–Crippen MR) is 102 cm³/mol. The van der Waals surface area contributed by atoms with E-state index < -0.39 is 67.1 Å². The number of carbonyl (C=O) groups is 1. The Hall–Kier alpha value is -2.57. The lowest BCUT2D eigenvalue weighted by Gasteiger charge is -2.41. The predicted octanol–water partition coefficient (Wildman–Crippen LogP) is -1.27. The monoisotopic (exact) mass is 434 g/mol. The summed E-state index contributed by atoms with van der Waals surface area (Å²) in [5.41, 5.74) is -0.687. The van der Waals surface area contributed by atoms with Crippen LogP contribution in [-0.2, 0) is 11.3 Å². The van der Waals surface area contributed by atoms with Crippen molar-refractivity contribution in [3.05, 3.63) is 57.6 Å². The van der Waals surface area contributed by atoms with Gasteiger partial charge in [-0.1, -0.05) is 12.1 Å². The molecule has 0 spiro atoms. The fraction of sp³-hybridized carbons (Fsp3) is 0.381. The molecule has 0 bridgehead atoms. The maximum absolute atomic E-state index is 13.1. The highest BCUT2D eigenvalue weighted by atomic mass is 16.5. The molecular formula is C21H22O10. The molecule has 8 N–H and O–H groups in total. The molecule has 6 atom stereocenters. The largest absolute Gasteiger partial charge is 0.507 e. The summed E-state index contributed by atoms with van der Waals surface area (Å²) >= 11 is 0. The van der Waals surface area contributed by atoms with Crippen LogP contribution in [0.3, 0.4) is 0 Å². The molecule has 10 heteroatoms. The fourth-order valence-corrected chi connectivity index (χ4v) is 4.33. The Kier molecular flexibility index (Phi) is 5.48. The molecule has 1 aliphatic carbocycles. The van der Waals surface area contributed by atoms with Gasteiger partial charge in [-0.15, -0.1) is 0 Å². The maximum Gasteiger partial charge on any atom is 0.201 e. The second-order valence-corrected chi connectivity index (χ2v) is 7.64. The van der Waals surface area contributed by atoms with E-state index in [1.807, 2.05) is 0 Å². The van der Waals surface area contributed by atoms with E-state index in [-0.39, 0.29) is 33.4 Å². The Balaban J connectivity index is 1.92. The average molecular weight is 434 g/mol. The number of carbonyl (C=O) groups excluding carboxylic acids is 1. The quantitative estimate of drug-likeness (QED) is 0.289. The van der Waals surface area contributed by atoms with Gasteiger partial charge in [0.25, 0.3) is 0 Å². The minimum Gasteiger partial charge on any atom is -0.507 e. The molecular weight excluding hydrogens is 412 g/mol. The Bertz CT molecular complexity index is 1030. The Labute approximate surface area is 175 Å². The molecule has 1 fully saturated rings. The normalized spacial score (nSPS) is 30.1. The number of hydrogen-bond acceptors (Lipinski definition) is 10. The van der Waals surface area contributed by atoms with Crippen molar-refractivity contribution < 1.29 is 50.4 Å². The molecule has 4 rings (SSSR count). The van der Waals surface area contributed by atoms with Gasteiger partial charge in [0.05, 0.1) is 24.3 Å². The van der Waals surface area contributed by atoms with Crippen LogP contribution >= 0.6 is 0 Å².